The standard InChI is InChI=1S/C34H50N8O10/c1-22(2)29(39-26(43)10-6-5-7-18-42-27(44)15-16-28(42)45)31(47)38-25(9-8-17-36-32(35)48)30(46)37-24-13-11-23(12-14-24)21-52-34(51)41(4)20-19-40(3)33(49)50/h11-16,22,25,29H,5-10,17-21H2,1-4H3,(H,37,46)(H,38,47)(H,39,43)(H,49,50)(H3,35,36,48)/t25-,29-/m0/s1. The van der Waals surface area contributed by atoms with Gasteiger partial charge in [-0.2, -0.15) is 0 Å². The second kappa shape index (κ2) is 21.5. The predicted octanol–water partition coefficient (Wildman–Crippen LogP) is 1.36. The molecule has 0 unspecified atom stereocenters. The molecule has 7 N–H and O–H groups in total. The van der Waals surface area contributed by atoms with Gasteiger partial charge in [-0.3, -0.25) is 28.9 Å². The van der Waals surface area contributed by atoms with Crippen LogP contribution in [0.4, 0.5) is 20.1 Å². The number of hydrogen-bond acceptors (Lipinski definition) is 9. The highest BCUT2D eigenvalue weighted by Gasteiger charge is 2.29. The number of urea groups is 1. The van der Waals surface area contributed by atoms with E-state index in [1.165, 1.54) is 31.1 Å². The zero-order chi connectivity index (χ0) is 38.8. The molecule has 1 aromatic rings. The molecule has 286 valence electrons. The van der Waals surface area contributed by atoms with Crippen molar-refractivity contribution in [1.82, 2.24) is 30.7 Å². The molecule has 1 aromatic carbocycles. The zero-order valence-electron chi connectivity index (χ0n) is 30.0. The summed E-state index contributed by atoms with van der Waals surface area (Å²) in [7, 11) is 2.88. The van der Waals surface area contributed by atoms with Gasteiger partial charge in [0.05, 0.1) is 0 Å². The molecule has 1 heterocycles. The summed E-state index contributed by atoms with van der Waals surface area (Å²) in [6, 6.07) is 3.74. The third kappa shape index (κ3) is 15.1. The molecular formula is C34H50N8O10. The Balaban J connectivity index is 1.93. The van der Waals surface area contributed by atoms with Gasteiger partial charge in [0.15, 0.2) is 0 Å². The fourth-order valence-electron chi connectivity index (χ4n) is 4.87. The molecule has 18 nitrogen and oxygen atoms in total. The molecule has 1 aliphatic heterocycles. The zero-order valence-corrected chi connectivity index (χ0v) is 30.0. The van der Waals surface area contributed by atoms with Crippen LogP contribution in [0.15, 0.2) is 36.4 Å². The van der Waals surface area contributed by atoms with E-state index in [1.54, 1.807) is 38.1 Å². The lowest BCUT2D eigenvalue weighted by atomic mass is 10.0. The number of ether oxygens (including phenoxy) is 1. The van der Waals surface area contributed by atoms with Crippen LogP contribution >= 0.6 is 0 Å². The SMILES string of the molecule is CC(C)[C@H](NC(=O)CCCCCN1C(=O)C=CC1=O)C(=O)N[C@@H](CCCNC(N)=O)C(=O)Nc1ccc(COC(=O)N(C)CCN(C)C(=O)O)cc1. The van der Waals surface area contributed by atoms with Crippen LogP contribution in [0, 0.1) is 5.92 Å². The van der Waals surface area contributed by atoms with Crippen LogP contribution < -0.4 is 27.0 Å². The minimum Gasteiger partial charge on any atom is -0.465 e. The Labute approximate surface area is 302 Å². The number of unbranched alkanes of at least 4 members (excludes halogenated alkanes) is 2. The number of carboxylic acid groups (broad SMARTS) is 1. The highest BCUT2D eigenvalue weighted by atomic mass is 16.6. The van der Waals surface area contributed by atoms with Crippen LogP contribution in [0.25, 0.3) is 0 Å². The number of anilines is 1. The molecule has 0 saturated heterocycles. The van der Waals surface area contributed by atoms with E-state index in [2.05, 4.69) is 21.3 Å². The van der Waals surface area contributed by atoms with Gasteiger partial charge >= 0.3 is 18.2 Å². The number of primary amides is 1. The first-order valence-corrected chi connectivity index (χ1v) is 17.0. The van der Waals surface area contributed by atoms with Crippen LogP contribution in [0.1, 0.15) is 57.9 Å². The number of amides is 9. The topological polar surface area (TPSA) is 250 Å². The van der Waals surface area contributed by atoms with Crippen LogP contribution in [0.5, 0.6) is 0 Å². The third-order valence-electron chi connectivity index (χ3n) is 8.05. The molecule has 18 heteroatoms. The molecule has 0 aliphatic carbocycles. The average Bonchev–Trinajstić information content (AvgIpc) is 3.41. The molecule has 0 aromatic heterocycles. The quantitative estimate of drug-likeness (QED) is 0.0783. The molecule has 1 aliphatic rings. The fraction of sp³-hybridized carbons (Fsp3) is 0.529. The average molecular weight is 731 g/mol. The van der Waals surface area contributed by atoms with Gasteiger partial charge in [0.1, 0.15) is 18.7 Å². The molecule has 0 saturated carbocycles. The van der Waals surface area contributed by atoms with Gasteiger partial charge in [0.25, 0.3) is 11.8 Å². The smallest absolute Gasteiger partial charge is 0.409 e. The van der Waals surface area contributed by atoms with Crippen molar-refractivity contribution in [3.8, 4) is 0 Å². The van der Waals surface area contributed by atoms with E-state index in [1.807, 2.05) is 0 Å². The summed E-state index contributed by atoms with van der Waals surface area (Å²) < 4.78 is 5.28. The summed E-state index contributed by atoms with van der Waals surface area (Å²) in [4.78, 5) is 101. The van der Waals surface area contributed by atoms with Crippen molar-refractivity contribution in [2.45, 2.75) is 71.1 Å². The molecule has 0 fully saturated rings. The number of likely N-dealkylation sites (N-methyl/N-ethyl adjacent to an activating group) is 2. The number of carbonyl (C=O) groups is 8. The molecule has 2 rings (SSSR count). The van der Waals surface area contributed by atoms with Crippen molar-refractivity contribution in [3.05, 3.63) is 42.0 Å². The molecule has 0 bridgehead atoms. The maximum Gasteiger partial charge on any atom is 0.409 e. The minimum absolute atomic E-state index is 0.0711. The van der Waals surface area contributed by atoms with E-state index in [9.17, 15) is 38.4 Å². The Bertz CT molecular complexity index is 1450. The van der Waals surface area contributed by atoms with E-state index in [0.29, 0.717) is 36.9 Å². The number of nitrogens with two attached hydrogens (primary N) is 1. The van der Waals surface area contributed by atoms with Crippen molar-refractivity contribution in [2.24, 2.45) is 11.7 Å². The maximum absolute atomic E-state index is 13.4. The fourth-order valence-corrected chi connectivity index (χ4v) is 4.87. The van der Waals surface area contributed by atoms with Crippen molar-refractivity contribution in [1.29, 1.82) is 0 Å². The van der Waals surface area contributed by atoms with Gasteiger partial charge in [-0.25, -0.2) is 14.4 Å². The summed E-state index contributed by atoms with van der Waals surface area (Å²) in [5.74, 6) is -2.51. The van der Waals surface area contributed by atoms with Gasteiger partial charge in [-0.05, 0) is 49.3 Å². The van der Waals surface area contributed by atoms with E-state index < -0.39 is 42.1 Å². The summed E-state index contributed by atoms with van der Waals surface area (Å²) in [5.41, 5.74) is 6.15. The molecule has 0 spiro atoms. The van der Waals surface area contributed by atoms with E-state index in [-0.39, 0.29) is 69.3 Å². The second-order valence-corrected chi connectivity index (χ2v) is 12.6. The van der Waals surface area contributed by atoms with Crippen LogP contribution in [-0.4, -0.2) is 120 Å². The number of benzene rings is 1. The predicted molar refractivity (Wildman–Crippen MR) is 188 cm³/mol. The van der Waals surface area contributed by atoms with E-state index >= 15 is 0 Å². The van der Waals surface area contributed by atoms with Crippen LogP contribution in [-0.2, 0) is 35.3 Å². The first-order valence-electron chi connectivity index (χ1n) is 17.0. The van der Waals surface area contributed by atoms with Crippen molar-refractivity contribution in [2.75, 3.05) is 45.6 Å². The monoisotopic (exact) mass is 730 g/mol. The molecule has 9 amide bonds. The first kappa shape index (κ1) is 42.5. The van der Waals surface area contributed by atoms with Gasteiger partial charge < -0.3 is 46.6 Å². The van der Waals surface area contributed by atoms with Crippen LogP contribution in [0.2, 0.25) is 0 Å². The van der Waals surface area contributed by atoms with Gasteiger partial charge in [0.2, 0.25) is 17.7 Å². The van der Waals surface area contributed by atoms with Gasteiger partial charge in [-0.15, -0.1) is 0 Å². The molecule has 52 heavy (non-hydrogen) atoms. The van der Waals surface area contributed by atoms with Crippen LogP contribution in [0.3, 0.4) is 0 Å². The Kier molecular flexibility index (Phi) is 17.6. The van der Waals surface area contributed by atoms with E-state index in [4.69, 9.17) is 15.6 Å². The Hall–Kier alpha value is -5.68. The van der Waals surface area contributed by atoms with Crippen molar-refractivity contribution in [3.63, 3.8) is 0 Å². The third-order valence-corrected chi connectivity index (χ3v) is 8.05. The number of hydrogen-bond donors (Lipinski definition) is 6. The Morgan fingerprint density at radius 2 is 1.50 bits per heavy atom. The van der Waals surface area contributed by atoms with Crippen molar-refractivity contribution < 1.29 is 48.2 Å². The Morgan fingerprint density at radius 1 is 0.865 bits per heavy atom. The second-order valence-electron chi connectivity index (χ2n) is 12.6. The van der Waals surface area contributed by atoms with Gasteiger partial charge in [0, 0.05) is 64.5 Å². The summed E-state index contributed by atoms with van der Waals surface area (Å²) in [6.07, 6.45) is 2.84. The van der Waals surface area contributed by atoms with E-state index in [0.717, 1.165) is 9.80 Å². The Morgan fingerprint density at radius 3 is 2.10 bits per heavy atom. The summed E-state index contributed by atoms with van der Waals surface area (Å²) in [5, 5.41) is 19.6. The number of nitrogens with one attached hydrogen (secondary N) is 4. The van der Waals surface area contributed by atoms with Crippen molar-refractivity contribution >= 4 is 53.4 Å². The molecule has 0 radical (unpaired) electrons. The largest absolute Gasteiger partial charge is 0.465 e. The molecular weight excluding hydrogens is 680 g/mol. The summed E-state index contributed by atoms with van der Waals surface area (Å²) >= 11 is 0. The normalized spacial score (nSPS) is 13.3. The highest BCUT2D eigenvalue weighted by Crippen LogP contribution is 2.14. The number of imide groups is 1. The lowest BCUT2D eigenvalue weighted by molar-refractivity contribution is -0.137. The lowest BCUT2D eigenvalue weighted by Crippen LogP contribution is -2.54. The highest BCUT2D eigenvalue weighted by molar-refractivity contribution is 6.12. The molecule has 2 atom stereocenters. The number of nitrogens with zero attached hydrogens (tertiary/aromatic N) is 3. The summed E-state index contributed by atoms with van der Waals surface area (Å²) in [6.45, 7) is 4.11. The minimum atomic E-state index is -1.11. The lowest BCUT2D eigenvalue weighted by Gasteiger charge is -2.25. The first-order chi connectivity index (χ1) is 24.6. The maximum atomic E-state index is 13.4. The number of rotatable bonds is 21. The number of carbonyl (C=O) groups excluding carboxylic acids is 7. The van der Waals surface area contributed by atoms with Gasteiger partial charge in [-0.1, -0.05) is 32.4 Å².